The Morgan fingerprint density at radius 3 is 2.85 bits per heavy atom. The van der Waals surface area contributed by atoms with Crippen molar-refractivity contribution in [3.63, 3.8) is 0 Å². The van der Waals surface area contributed by atoms with Gasteiger partial charge < -0.3 is 15.0 Å². The summed E-state index contributed by atoms with van der Waals surface area (Å²) in [5.74, 6) is 0.608. The maximum Gasteiger partial charge on any atom is 0.325 e. The Morgan fingerprint density at radius 1 is 1.45 bits per heavy atom. The van der Waals surface area contributed by atoms with E-state index in [0.717, 1.165) is 16.3 Å². The van der Waals surface area contributed by atoms with Crippen molar-refractivity contribution in [2.24, 2.45) is 0 Å². The average Bonchev–Trinajstić information content (AvgIpc) is 2.88. The molecule has 4 nitrogen and oxygen atoms in total. The molecule has 0 saturated carbocycles. The minimum absolute atomic E-state index is 0.225. The van der Waals surface area contributed by atoms with Crippen molar-refractivity contribution in [3.8, 4) is 0 Å². The van der Waals surface area contributed by atoms with Gasteiger partial charge in [0.15, 0.2) is 0 Å². The molecule has 1 unspecified atom stereocenters. The minimum Gasteiger partial charge on any atom is -0.468 e. The predicted octanol–water partition coefficient (Wildman–Crippen LogP) is 2.80. The Balaban J connectivity index is 1.96. The number of esters is 1. The van der Waals surface area contributed by atoms with Gasteiger partial charge in [-0.05, 0) is 32.5 Å². The van der Waals surface area contributed by atoms with Crippen molar-refractivity contribution in [2.45, 2.75) is 23.9 Å². The van der Waals surface area contributed by atoms with Crippen LogP contribution in [0.2, 0.25) is 0 Å². The van der Waals surface area contributed by atoms with Crippen molar-refractivity contribution in [1.29, 1.82) is 0 Å². The third kappa shape index (κ3) is 3.16. The monoisotopic (exact) mass is 292 g/mol. The normalized spacial score (nSPS) is 14.2. The van der Waals surface area contributed by atoms with Crippen molar-refractivity contribution >= 4 is 28.6 Å². The number of para-hydroxylation sites is 1. The van der Waals surface area contributed by atoms with Crippen molar-refractivity contribution < 1.29 is 9.53 Å². The van der Waals surface area contributed by atoms with E-state index in [1.807, 2.05) is 19.1 Å². The fourth-order valence-corrected chi connectivity index (χ4v) is 3.17. The number of nitrogens with one attached hydrogen (secondary N) is 2. The second kappa shape index (κ2) is 6.33. The maximum absolute atomic E-state index is 11.7. The van der Waals surface area contributed by atoms with Crippen LogP contribution < -0.4 is 5.32 Å². The highest BCUT2D eigenvalue weighted by Gasteiger charge is 2.31. The lowest BCUT2D eigenvalue weighted by molar-refractivity contribution is -0.147. The number of carbonyl (C=O) groups excluding carboxylic acids is 1. The molecule has 1 aromatic heterocycles. The average molecular weight is 292 g/mol. The Hall–Kier alpha value is -1.46. The molecule has 0 fully saturated rings. The quantitative estimate of drug-likeness (QED) is 0.635. The summed E-state index contributed by atoms with van der Waals surface area (Å²) in [6, 6.07) is 10.3. The molecule has 0 aliphatic rings. The second-order valence-corrected chi connectivity index (χ2v) is 6.03. The Kier molecular flexibility index (Phi) is 4.73. The Morgan fingerprint density at radius 2 is 2.20 bits per heavy atom. The molecule has 20 heavy (non-hydrogen) atoms. The summed E-state index contributed by atoms with van der Waals surface area (Å²) < 4.78 is 4.84. The number of hydrogen-bond acceptors (Lipinski definition) is 4. The van der Waals surface area contributed by atoms with E-state index < -0.39 is 5.54 Å². The van der Waals surface area contributed by atoms with Crippen LogP contribution in [0.25, 0.3) is 10.9 Å². The summed E-state index contributed by atoms with van der Waals surface area (Å²) >= 11 is 1.71. The van der Waals surface area contributed by atoms with E-state index >= 15 is 0 Å². The van der Waals surface area contributed by atoms with E-state index in [1.54, 1.807) is 18.8 Å². The number of carbonyl (C=O) groups is 1. The number of aromatic amines is 1. The molecule has 0 aliphatic carbocycles. The van der Waals surface area contributed by atoms with E-state index in [9.17, 15) is 4.79 Å². The van der Waals surface area contributed by atoms with Gasteiger partial charge in [-0.3, -0.25) is 4.79 Å². The van der Waals surface area contributed by atoms with Gasteiger partial charge >= 0.3 is 5.97 Å². The number of methoxy groups -OCH3 is 1. The first-order chi connectivity index (χ1) is 9.59. The molecule has 0 amide bonds. The predicted molar refractivity (Wildman–Crippen MR) is 83.1 cm³/mol. The first-order valence-electron chi connectivity index (χ1n) is 6.57. The van der Waals surface area contributed by atoms with E-state index in [-0.39, 0.29) is 5.97 Å². The summed E-state index contributed by atoms with van der Waals surface area (Å²) in [7, 11) is 3.20. The second-order valence-electron chi connectivity index (χ2n) is 4.89. The molecule has 1 heterocycles. The third-order valence-electron chi connectivity index (χ3n) is 3.55. The zero-order valence-corrected chi connectivity index (χ0v) is 12.8. The topological polar surface area (TPSA) is 54.1 Å². The molecule has 0 bridgehead atoms. The van der Waals surface area contributed by atoms with Crippen molar-refractivity contribution in [1.82, 2.24) is 10.3 Å². The van der Waals surface area contributed by atoms with Crippen LogP contribution in [0, 0.1) is 0 Å². The van der Waals surface area contributed by atoms with Gasteiger partial charge in [0.2, 0.25) is 0 Å². The molecule has 5 heteroatoms. The lowest BCUT2D eigenvalue weighted by Crippen LogP contribution is -2.48. The van der Waals surface area contributed by atoms with Gasteiger partial charge in [0.05, 0.1) is 12.1 Å². The molecule has 0 radical (unpaired) electrons. The molecule has 108 valence electrons. The summed E-state index contributed by atoms with van der Waals surface area (Å²) in [6.07, 6.45) is 0.705. The molecule has 2 N–H and O–H groups in total. The fourth-order valence-electron chi connectivity index (χ4n) is 2.04. The van der Waals surface area contributed by atoms with E-state index in [2.05, 4.69) is 28.5 Å². The molecule has 0 saturated heterocycles. The molecular weight excluding hydrogens is 272 g/mol. The van der Waals surface area contributed by atoms with Crippen molar-refractivity contribution in [3.05, 3.63) is 30.3 Å². The highest BCUT2D eigenvalue weighted by molar-refractivity contribution is 7.99. The smallest absolute Gasteiger partial charge is 0.325 e. The number of benzene rings is 1. The zero-order valence-electron chi connectivity index (χ0n) is 12.0. The first kappa shape index (κ1) is 14.9. The van der Waals surface area contributed by atoms with Gasteiger partial charge in [-0.25, -0.2) is 0 Å². The number of thioether (sulfide) groups is 1. The molecule has 0 spiro atoms. The van der Waals surface area contributed by atoms with E-state index in [4.69, 9.17) is 4.74 Å². The molecular formula is C15H20N2O2S. The summed E-state index contributed by atoms with van der Waals surface area (Å²) in [5, 5.41) is 5.37. The minimum atomic E-state index is -0.631. The molecule has 0 aliphatic heterocycles. The standard InChI is InChI=1S/C15H20N2O2S/c1-15(16-2,14(18)19-3)8-9-20-13-10-11-6-4-5-7-12(11)17-13/h4-7,10,16-17H,8-9H2,1-3H3. The highest BCUT2D eigenvalue weighted by Crippen LogP contribution is 2.25. The third-order valence-corrected chi connectivity index (χ3v) is 4.49. The lowest BCUT2D eigenvalue weighted by atomic mass is 10.00. The number of H-pyrrole nitrogens is 1. The van der Waals surface area contributed by atoms with Gasteiger partial charge in [-0.2, -0.15) is 0 Å². The summed E-state index contributed by atoms with van der Waals surface area (Å²) in [6.45, 7) is 1.87. The Bertz CT molecular complexity index is 563. The summed E-state index contributed by atoms with van der Waals surface area (Å²) in [4.78, 5) is 15.1. The number of likely N-dealkylation sites (N-methyl/N-ethyl adjacent to an activating group) is 1. The SMILES string of the molecule is CNC(C)(CCSc1cc2ccccc2[nH]1)C(=O)OC. The highest BCUT2D eigenvalue weighted by atomic mass is 32.2. The zero-order chi connectivity index (χ0) is 14.6. The van der Waals surface area contributed by atoms with Crippen LogP contribution in [-0.4, -0.2) is 36.4 Å². The molecule has 1 atom stereocenters. The van der Waals surface area contributed by atoms with Crippen LogP contribution in [-0.2, 0) is 9.53 Å². The van der Waals surface area contributed by atoms with Gasteiger partial charge in [0.25, 0.3) is 0 Å². The fraction of sp³-hybridized carbons (Fsp3) is 0.400. The van der Waals surface area contributed by atoms with Crippen LogP contribution in [0.1, 0.15) is 13.3 Å². The molecule has 2 rings (SSSR count). The van der Waals surface area contributed by atoms with Crippen LogP contribution in [0.5, 0.6) is 0 Å². The number of aromatic nitrogens is 1. The van der Waals surface area contributed by atoms with Gasteiger partial charge in [0, 0.05) is 16.7 Å². The number of ether oxygens (including phenoxy) is 1. The van der Waals surface area contributed by atoms with Gasteiger partial charge in [-0.15, -0.1) is 11.8 Å². The number of hydrogen-bond donors (Lipinski definition) is 2. The van der Waals surface area contributed by atoms with Crippen molar-refractivity contribution in [2.75, 3.05) is 19.9 Å². The van der Waals surface area contributed by atoms with Crippen LogP contribution in [0.3, 0.4) is 0 Å². The Labute approximate surface area is 123 Å². The van der Waals surface area contributed by atoms with Crippen LogP contribution in [0.4, 0.5) is 0 Å². The summed E-state index contributed by atoms with van der Waals surface area (Å²) in [5.41, 5.74) is 0.507. The van der Waals surface area contributed by atoms with E-state index in [0.29, 0.717) is 6.42 Å². The lowest BCUT2D eigenvalue weighted by Gasteiger charge is -2.25. The maximum atomic E-state index is 11.7. The van der Waals surface area contributed by atoms with Gasteiger partial charge in [0.1, 0.15) is 5.54 Å². The van der Waals surface area contributed by atoms with Crippen LogP contribution >= 0.6 is 11.8 Å². The molecule has 2 aromatic rings. The largest absolute Gasteiger partial charge is 0.468 e. The number of fused-ring (bicyclic) bond motifs is 1. The first-order valence-corrected chi connectivity index (χ1v) is 7.55. The van der Waals surface area contributed by atoms with Crippen LogP contribution in [0.15, 0.2) is 35.4 Å². The van der Waals surface area contributed by atoms with Gasteiger partial charge in [-0.1, -0.05) is 18.2 Å². The van der Waals surface area contributed by atoms with E-state index in [1.165, 1.54) is 12.5 Å². The molecule has 1 aromatic carbocycles. The number of rotatable bonds is 6.